The van der Waals surface area contributed by atoms with Gasteiger partial charge in [-0.3, -0.25) is 0 Å². The fourth-order valence-electron chi connectivity index (χ4n) is 2.70. The Bertz CT molecular complexity index is 604. The number of hydrogen-bond acceptors (Lipinski definition) is 1. The van der Waals surface area contributed by atoms with Gasteiger partial charge in [0, 0.05) is 10.5 Å². The van der Waals surface area contributed by atoms with Gasteiger partial charge in [-0.1, -0.05) is 51.3 Å². The van der Waals surface area contributed by atoms with Crippen LogP contribution in [-0.2, 0) is 12.8 Å². The Labute approximate surface area is 134 Å². The summed E-state index contributed by atoms with van der Waals surface area (Å²) in [6.45, 7) is 4.25. The van der Waals surface area contributed by atoms with Crippen molar-refractivity contribution in [3.05, 3.63) is 68.9 Å². The van der Waals surface area contributed by atoms with Gasteiger partial charge in [-0.2, -0.15) is 0 Å². The van der Waals surface area contributed by atoms with Crippen LogP contribution in [0.5, 0.6) is 0 Å². The summed E-state index contributed by atoms with van der Waals surface area (Å²) in [5.74, 6) is -0.207. The average Bonchev–Trinajstić information content (AvgIpc) is 2.39. The third-order valence-corrected chi connectivity index (χ3v) is 4.39. The van der Waals surface area contributed by atoms with Gasteiger partial charge >= 0.3 is 0 Å². The summed E-state index contributed by atoms with van der Waals surface area (Å²) in [5.41, 5.74) is 5.05. The van der Waals surface area contributed by atoms with E-state index in [1.165, 1.54) is 28.8 Å². The fourth-order valence-corrected chi connectivity index (χ4v) is 3.21. The Morgan fingerprint density at radius 1 is 1.05 bits per heavy atom. The lowest BCUT2D eigenvalue weighted by Gasteiger charge is -2.18. The standard InChI is InChI=1S/C18H21BrFN/c1-12-6-13(2)8-14(7-12)9-17(21-3)10-15-4-5-16(20)11-18(15)19/h4-8,11,17,21H,9-10H2,1-3H3. The largest absolute Gasteiger partial charge is 0.316 e. The van der Waals surface area contributed by atoms with Crippen molar-refractivity contribution >= 4 is 15.9 Å². The molecule has 0 radical (unpaired) electrons. The highest BCUT2D eigenvalue weighted by molar-refractivity contribution is 9.10. The number of nitrogens with one attached hydrogen (secondary N) is 1. The molecule has 0 amide bonds. The van der Waals surface area contributed by atoms with Gasteiger partial charge in [0.2, 0.25) is 0 Å². The maximum atomic E-state index is 13.2. The maximum absolute atomic E-state index is 13.2. The minimum Gasteiger partial charge on any atom is -0.316 e. The molecule has 0 bridgehead atoms. The summed E-state index contributed by atoms with van der Waals surface area (Å²) in [5, 5.41) is 3.37. The first-order valence-electron chi connectivity index (χ1n) is 7.16. The fraction of sp³-hybridized carbons (Fsp3) is 0.333. The molecule has 2 aromatic rings. The molecule has 1 atom stereocenters. The summed E-state index contributed by atoms with van der Waals surface area (Å²) >= 11 is 3.45. The maximum Gasteiger partial charge on any atom is 0.124 e. The van der Waals surface area contributed by atoms with Gasteiger partial charge in [0.05, 0.1) is 0 Å². The Hall–Kier alpha value is -1.19. The molecule has 2 rings (SSSR count). The number of halogens is 2. The van der Waals surface area contributed by atoms with Crippen LogP contribution in [0.15, 0.2) is 40.9 Å². The average molecular weight is 350 g/mol. The van der Waals surface area contributed by atoms with Crippen molar-refractivity contribution in [1.82, 2.24) is 5.32 Å². The Morgan fingerprint density at radius 2 is 1.71 bits per heavy atom. The van der Waals surface area contributed by atoms with Crippen molar-refractivity contribution in [2.24, 2.45) is 0 Å². The number of benzene rings is 2. The van der Waals surface area contributed by atoms with Crippen LogP contribution in [0.25, 0.3) is 0 Å². The van der Waals surface area contributed by atoms with Crippen LogP contribution >= 0.6 is 15.9 Å². The zero-order valence-electron chi connectivity index (χ0n) is 12.7. The molecule has 0 aliphatic rings. The van der Waals surface area contributed by atoms with E-state index in [1.54, 1.807) is 0 Å². The van der Waals surface area contributed by atoms with Crippen molar-refractivity contribution in [3.8, 4) is 0 Å². The van der Waals surface area contributed by atoms with E-state index in [-0.39, 0.29) is 5.82 Å². The van der Waals surface area contributed by atoms with Crippen molar-refractivity contribution in [3.63, 3.8) is 0 Å². The van der Waals surface area contributed by atoms with Crippen molar-refractivity contribution in [2.75, 3.05) is 7.05 Å². The van der Waals surface area contributed by atoms with Gasteiger partial charge in [-0.25, -0.2) is 4.39 Å². The summed E-state index contributed by atoms with van der Waals surface area (Å²) < 4.78 is 14.0. The second-order valence-electron chi connectivity index (χ2n) is 5.63. The summed E-state index contributed by atoms with van der Waals surface area (Å²) in [7, 11) is 1.98. The first-order chi connectivity index (χ1) is 9.97. The molecule has 1 nitrogen and oxygen atoms in total. The zero-order chi connectivity index (χ0) is 15.4. The lowest BCUT2D eigenvalue weighted by Crippen LogP contribution is -2.30. The van der Waals surface area contributed by atoms with Crippen LogP contribution in [0, 0.1) is 19.7 Å². The summed E-state index contributed by atoms with van der Waals surface area (Å²) in [6.07, 6.45) is 1.83. The van der Waals surface area contributed by atoms with Crippen molar-refractivity contribution in [1.29, 1.82) is 0 Å². The molecule has 1 unspecified atom stereocenters. The van der Waals surface area contributed by atoms with Gasteiger partial charge in [0.15, 0.2) is 0 Å². The van der Waals surface area contributed by atoms with E-state index in [9.17, 15) is 4.39 Å². The molecule has 1 N–H and O–H groups in total. The quantitative estimate of drug-likeness (QED) is 0.832. The van der Waals surface area contributed by atoms with Crippen LogP contribution in [0.1, 0.15) is 22.3 Å². The first-order valence-corrected chi connectivity index (χ1v) is 7.95. The van der Waals surface area contributed by atoms with E-state index in [0.717, 1.165) is 22.9 Å². The molecule has 112 valence electrons. The van der Waals surface area contributed by atoms with Gasteiger partial charge in [0.1, 0.15) is 5.82 Å². The molecule has 0 aromatic heterocycles. The first kappa shape index (κ1) is 16.2. The number of aryl methyl sites for hydroxylation is 2. The third-order valence-electron chi connectivity index (χ3n) is 3.65. The van der Waals surface area contributed by atoms with Gasteiger partial charge in [0.25, 0.3) is 0 Å². The molecule has 2 aromatic carbocycles. The molecular formula is C18H21BrFN. The van der Waals surface area contributed by atoms with Gasteiger partial charge in [-0.15, -0.1) is 0 Å². The highest BCUT2D eigenvalue weighted by Gasteiger charge is 2.11. The van der Waals surface area contributed by atoms with Crippen molar-refractivity contribution < 1.29 is 4.39 Å². The van der Waals surface area contributed by atoms with Crippen LogP contribution in [0.3, 0.4) is 0 Å². The topological polar surface area (TPSA) is 12.0 Å². The van der Waals surface area contributed by atoms with E-state index in [4.69, 9.17) is 0 Å². The number of likely N-dealkylation sites (N-methyl/N-ethyl adjacent to an activating group) is 1. The minimum absolute atomic E-state index is 0.207. The summed E-state index contributed by atoms with van der Waals surface area (Å²) in [4.78, 5) is 0. The third kappa shape index (κ3) is 4.65. The van der Waals surface area contributed by atoms with E-state index >= 15 is 0 Å². The zero-order valence-corrected chi connectivity index (χ0v) is 14.3. The molecule has 21 heavy (non-hydrogen) atoms. The lowest BCUT2D eigenvalue weighted by atomic mass is 9.97. The van der Waals surface area contributed by atoms with Crippen LogP contribution < -0.4 is 5.32 Å². The smallest absolute Gasteiger partial charge is 0.124 e. The molecule has 0 aliphatic heterocycles. The highest BCUT2D eigenvalue weighted by atomic mass is 79.9. The normalized spacial score (nSPS) is 12.4. The van der Waals surface area contributed by atoms with Crippen molar-refractivity contribution in [2.45, 2.75) is 32.7 Å². The van der Waals surface area contributed by atoms with Crippen LogP contribution in [0.4, 0.5) is 4.39 Å². The monoisotopic (exact) mass is 349 g/mol. The van der Waals surface area contributed by atoms with Gasteiger partial charge < -0.3 is 5.32 Å². The Morgan fingerprint density at radius 3 is 2.29 bits per heavy atom. The van der Waals surface area contributed by atoms with Gasteiger partial charge in [-0.05, 0) is 57.0 Å². The van der Waals surface area contributed by atoms with E-state index < -0.39 is 0 Å². The number of rotatable bonds is 5. The van der Waals surface area contributed by atoms with Crippen LogP contribution in [0.2, 0.25) is 0 Å². The predicted octanol–water partition coefficient (Wildman–Crippen LogP) is 4.58. The minimum atomic E-state index is -0.207. The molecule has 0 saturated carbocycles. The molecule has 0 heterocycles. The van der Waals surface area contributed by atoms with E-state index in [1.807, 2.05) is 13.1 Å². The predicted molar refractivity (Wildman–Crippen MR) is 90.3 cm³/mol. The molecular weight excluding hydrogens is 329 g/mol. The lowest BCUT2D eigenvalue weighted by molar-refractivity contribution is 0.554. The molecule has 0 saturated heterocycles. The van der Waals surface area contributed by atoms with E-state index in [2.05, 4.69) is 53.3 Å². The Balaban J connectivity index is 2.12. The Kier molecular flexibility index (Phi) is 5.54. The highest BCUT2D eigenvalue weighted by Crippen LogP contribution is 2.21. The molecule has 0 fully saturated rings. The van der Waals surface area contributed by atoms with E-state index in [0.29, 0.717) is 6.04 Å². The molecule has 0 spiro atoms. The van der Waals surface area contributed by atoms with Crippen LogP contribution in [-0.4, -0.2) is 13.1 Å². The SMILES string of the molecule is CNC(Cc1cc(C)cc(C)c1)Cc1ccc(F)cc1Br. The number of hydrogen-bond donors (Lipinski definition) is 1. The second kappa shape index (κ2) is 7.19. The molecule has 3 heteroatoms. The summed E-state index contributed by atoms with van der Waals surface area (Å²) in [6, 6.07) is 11.9. The second-order valence-corrected chi connectivity index (χ2v) is 6.48. The molecule has 0 aliphatic carbocycles.